The fraction of sp³-hybridized carbons (Fsp3) is 0.714. The van der Waals surface area contributed by atoms with Crippen LogP contribution in [0.15, 0.2) is 11.6 Å². The lowest BCUT2D eigenvalue weighted by molar-refractivity contribution is -0.140. The van der Waals surface area contributed by atoms with Crippen molar-refractivity contribution in [1.29, 1.82) is 0 Å². The number of esters is 1. The van der Waals surface area contributed by atoms with Gasteiger partial charge in [-0.25, -0.2) is 0 Å². The highest BCUT2D eigenvalue weighted by atomic mass is 16.5. The van der Waals surface area contributed by atoms with Crippen LogP contribution in [0.3, 0.4) is 0 Å². The maximum Gasteiger partial charge on any atom is 0.305 e. The normalized spacial score (nSPS) is 29.7. The third-order valence-corrected chi connectivity index (χ3v) is 4.00. The Kier molecular flexibility index (Phi) is 3.97. The Morgan fingerprint density at radius 1 is 1.47 bits per heavy atom. The summed E-state index contributed by atoms with van der Waals surface area (Å²) in [6, 6.07) is 0. The van der Waals surface area contributed by atoms with Gasteiger partial charge in [-0.3, -0.25) is 9.59 Å². The average Bonchev–Trinajstić information content (AvgIpc) is 2.89. The highest BCUT2D eigenvalue weighted by Gasteiger charge is 2.40. The maximum atomic E-state index is 12.0. The van der Waals surface area contributed by atoms with Gasteiger partial charge in [-0.2, -0.15) is 0 Å². The summed E-state index contributed by atoms with van der Waals surface area (Å²) in [5.41, 5.74) is 1.02. The number of unbranched alkanes of at least 4 members (excludes halogenated alkanes) is 1. The number of ketones is 1. The van der Waals surface area contributed by atoms with Gasteiger partial charge in [0, 0.05) is 12.3 Å². The molecule has 0 aromatic carbocycles. The number of Topliss-reactive ketones (excluding diaryl/α,β-unsaturated/α-hetero) is 1. The van der Waals surface area contributed by atoms with E-state index in [1.54, 1.807) is 0 Å². The number of allylic oxidation sites excluding steroid dienone is 2. The first-order valence-corrected chi connectivity index (χ1v) is 6.52. The number of rotatable bonds is 4. The van der Waals surface area contributed by atoms with Gasteiger partial charge in [0.05, 0.1) is 7.11 Å². The number of hydrogen-bond donors (Lipinski definition) is 0. The molecule has 0 bridgehead atoms. The molecular weight excluding hydrogens is 216 g/mol. The summed E-state index contributed by atoms with van der Waals surface area (Å²) in [6.07, 6.45) is 8.58. The Labute approximate surface area is 102 Å². The van der Waals surface area contributed by atoms with E-state index in [9.17, 15) is 9.59 Å². The summed E-state index contributed by atoms with van der Waals surface area (Å²) >= 11 is 0. The summed E-state index contributed by atoms with van der Waals surface area (Å²) in [7, 11) is 1.41. The molecule has 0 aromatic heterocycles. The first-order chi connectivity index (χ1) is 8.22. The van der Waals surface area contributed by atoms with E-state index in [1.807, 2.05) is 6.08 Å². The predicted octanol–water partition coefficient (Wildman–Crippen LogP) is 2.65. The van der Waals surface area contributed by atoms with Crippen molar-refractivity contribution in [3.05, 3.63) is 11.6 Å². The van der Waals surface area contributed by atoms with E-state index in [-0.39, 0.29) is 5.97 Å². The Balaban J connectivity index is 1.79. The van der Waals surface area contributed by atoms with E-state index in [4.69, 9.17) is 0 Å². The van der Waals surface area contributed by atoms with Gasteiger partial charge in [-0.05, 0) is 43.6 Å². The van der Waals surface area contributed by atoms with Gasteiger partial charge < -0.3 is 4.74 Å². The lowest BCUT2D eigenvalue weighted by Crippen LogP contribution is -2.08. The van der Waals surface area contributed by atoms with Crippen molar-refractivity contribution in [2.75, 3.05) is 7.11 Å². The molecular formula is C14H20O3. The Morgan fingerprint density at radius 3 is 3.00 bits per heavy atom. The first-order valence-electron chi connectivity index (χ1n) is 6.52. The number of methoxy groups -OCH3 is 1. The van der Waals surface area contributed by atoms with Crippen LogP contribution in [-0.4, -0.2) is 18.9 Å². The first kappa shape index (κ1) is 12.3. The molecule has 94 valence electrons. The van der Waals surface area contributed by atoms with E-state index in [0.717, 1.165) is 31.3 Å². The fourth-order valence-corrected chi connectivity index (χ4v) is 3.06. The van der Waals surface area contributed by atoms with Crippen LogP contribution >= 0.6 is 0 Å². The minimum Gasteiger partial charge on any atom is -0.469 e. The molecule has 0 aromatic rings. The Hall–Kier alpha value is -1.12. The van der Waals surface area contributed by atoms with E-state index < -0.39 is 0 Å². The van der Waals surface area contributed by atoms with Crippen LogP contribution in [0.4, 0.5) is 0 Å². The minimum absolute atomic E-state index is 0.169. The summed E-state index contributed by atoms with van der Waals surface area (Å²) in [5.74, 6) is 1.15. The summed E-state index contributed by atoms with van der Waals surface area (Å²) in [5, 5.41) is 0. The average molecular weight is 236 g/mol. The van der Waals surface area contributed by atoms with Gasteiger partial charge in [-0.1, -0.05) is 12.5 Å². The third kappa shape index (κ3) is 2.76. The van der Waals surface area contributed by atoms with Gasteiger partial charge in [0.2, 0.25) is 0 Å². The molecule has 0 saturated heterocycles. The monoisotopic (exact) mass is 236 g/mol. The highest BCUT2D eigenvalue weighted by molar-refractivity contribution is 5.99. The van der Waals surface area contributed by atoms with Crippen LogP contribution in [0.1, 0.15) is 44.9 Å². The molecule has 0 N–H and O–H groups in total. The number of carbonyl (C=O) groups is 2. The molecule has 2 aliphatic carbocycles. The van der Waals surface area contributed by atoms with E-state index in [1.165, 1.54) is 20.0 Å². The second-order valence-electron chi connectivity index (χ2n) is 5.06. The van der Waals surface area contributed by atoms with Crippen LogP contribution < -0.4 is 0 Å². The topological polar surface area (TPSA) is 43.4 Å². The van der Waals surface area contributed by atoms with Crippen LogP contribution in [0, 0.1) is 11.8 Å². The van der Waals surface area contributed by atoms with Crippen molar-refractivity contribution in [2.24, 2.45) is 11.8 Å². The van der Waals surface area contributed by atoms with Gasteiger partial charge in [-0.15, -0.1) is 0 Å². The molecule has 17 heavy (non-hydrogen) atoms. The van der Waals surface area contributed by atoms with Crippen LogP contribution in [0.5, 0.6) is 0 Å². The maximum absolute atomic E-state index is 12.0. The molecule has 3 nitrogen and oxygen atoms in total. The van der Waals surface area contributed by atoms with Crippen LogP contribution in [-0.2, 0) is 14.3 Å². The van der Waals surface area contributed by atoms with Gasteiger partial charge in [0.25, 0.3) is 0 Å². The smallest absolute Gasteiger partial charge is 0.305 e. The molecule has 2 rings (SSSR count). The predicted molar refractivity (Wildman–Crippen MR) is 64.4 cm³/mol. The third-order valence-electron chi connectivity index (χ3n) is 4.00. The number of carbonyl (C=O) groups excluding carboxylic acids is 2. The fourth-order valence-electron chi connectivity index (χ4n) is 3.06. The van der Waals surface area contributed by atoms with Crippen molar-refractivity contribution in [1.82, 2.24) is 0 Å². The van der Waals surface area contributed by atoms with Crippen LogP contribution in [0.2, 0.25) is 0 Å². The second kappa shape index (κ2) is 5.48. The molecule has 2 atom stereocenters. The summed E-state index contributed by atoms with van der Waals surface area (Å²) in [4.78, 5) is 22.9. The zero-order chi connectivity index (χ0) is 12.3. The van der Waals surface area contributed by atoms with Gasteiger partial charge in [0.15, 0.2) is 5.78 Å². The van der Waals surface area contributed by atoms with E-state index >= 15 is 0 Å². The van der Waals surface area contributed by atoms with Crippen LogP contribution in [0.25, 0.3) is 0 Å². The number of fused-ring (bicyclic) bond motifs is 1. The number of ether oxygens (including phenoxy) is 1. The molecule has 2 fully saturated rings. The standard InChI is InChI=1S/C14H20O3/c1-17-13(15)8-3-2-5-11-9-10-6-4-7-12(10)14(11)16/h5,10,12H,2-4,6-9H2,1H3/b11-5+. The van der Waals surface area contributed by atoms with Gasteiger partial charge >= 0.3 is 5.97 Å². The lowest BCUT2D eigenvalue weighted by Gasteiger charge is -2.02. The van der Waals surface area contributed by atoms with Crippen molar-refractivity contribution in [3.63, 3.8) is 0 Å². The highest BCUT2D eigenvalue weighted by Crippen LogP contribution is 2.44. The van der Waals surface area contributed by atoms with E-state index in [0.29, 0.717) is 24.0 Å². The van der Waals surface area contributed by atoms with Gasteiger partial charge in [0.1, 0.15) is 0 Å². The molecule has 0 radical (unpaired) electrons. The number of hydrogen-bond acceptors (Lipinski definition) is 3. The largest absolute Gasteiger partial charge is 0.469 e. The molecule has 0 aliphatic heterocycles. The summed E-state index contributed by atoms with van der Waals surface area (Å²) in [6.45, 7) is 0. The molecule has 2 unspecified atom stereocenters. The van der Waals surface area contributed by atoms with Crippen molar-refractivity contribution >= 4 is 11.8 Å². The van der Waals surface area contributed by atoms with Crippen molar-refractivity contribution < 1.29 is 14.3 Å². The second-order valence-corrected chi connectivity index (χ2v) is 5.06. The molecule has 0 amide bonds. The molecule has 0 heterocycles. The lowest BCUT2D eigenvalue weighted by atomic mass is 10.0. The zero-order valence-electron chi connectivity index (χ0n) is 10.4. The SMILES string of the molecule is COC(=O)CCC/C=C1\CC2CCCC2C1=O. The summed E-state index contributed by atoms with van der Waals surface area (Å²) < 4.78 is 4.58. The van der Waals surface area contributed by atoms with Crippen molar-refractivity contribution in [3.8, 4) is 0 Å². The molecule has 0 spiro atoms. The molecule has 2 aliphatic rings. The van der Waals surface area contributed by atoms with E-state index in [2.05, 4.69) is 4.74 Å². The quantitative estimate of drug-likeness (QED) is 0.428. The van der Waals surface area contributed by atoms with Crippen molar-refractivity contribution in [2.45, 2.75) is 44.9 Å². The molecule has 3 heteroatoms. The minimum atomic E-state index is -0.169. The Bertz CT molecular complexity index is 343. The zero-order valence-corrected chi connectivity index (χ0v) is 10.4. The Morgan fingerprint density at radius 2 is 2.29 bits per heavy atom. The molecule has 2 saturated carbocycles.